The van der Waals surface area contributed by atoms with Crippen LogP contribution < -0.4 is 4.74 Å². The van der Waals surface area contributed by atoms with E-state index >= 15 is 0 Å². The van der Waals surface area contributed by atoms with Crippen LogP contribution in [0.3, 0.4) is 0 Å². The lowest BCUT2D eigenvalue weighted by Gasteiger charge is -2.19. The van der Waals surface area contributed by atoms with E-state index in [2.05, 4.69) is 0 Å². The molecule has 1 aliphatic carbocycles. The lowest BCUT2D eigenvalue weighted by Crippen LogP contribution is -2.24. The second kappa shape index (κ2) is 6.55. The second-order valence-electron chi connectivity index (χ2n) is 6.17. The molecule has 0 heterocycles. The molecule has 0 aliphatic heterocycles. The first-order chi connectivity index (χ1) is 12.6. The maximum atomic E-state index is 14.4. The summed E-state index contributed by atoms with van der Waals surface area (Å²) in [6, 6.07) is 7.40. The number of hydrogen-bond acceptors (Lipinski definition) is 5. The van der Waals surface area contributed by atoms with Gasteiger partial charge in [0.15, 0.2) is 9.84 Å². The number of hydrogen-bond donors (Lipinski definition) is 0. The SMILES string of the molecule is COC1c2c(S(C)(=O)=O)ccc(Oc3cc(F)cc(C#N)c3)c2CC1(F)F. The fourth-order valence-corrected chi connectivity index (χ4v) is 4.10. The molecular formula is C18H14F3NO4S. The van der Waals surface area contributed by atoms with Gasteiger partial charge in [-0.3, -0.25) is 0 Å². The Bertz CT molecular complexity index is 1060. The quantitative estimate of drug-likeness (QED) is 0.785. The predicted molar refractivity (Wildman–Crippen MR) is 89.1 cm³/mol. The molecule has 1 atom stereocenters. The third-order valence-corrected chi connectivity index (χ3v) is 5.35. The average molecular weight is 397 g/mol. The topological polar surface area (TPSA) is 76.4 Å². The number of ether oxygens (including phenoxy) is 2. The molecule has 0 bridgehead atoms. The molecule has 0 radical (unpaired) electrons. The highest BCUT2D eigenvalue weighted by atomic mass is 32.2. The Hall–Kier alpha value is -2.57. The van der Waals surface area contributed by atoms with Crippen molar-refractivity contribution in [1.82, 2.24) is 0 Å². The minimum Gasteiger partial charge on any atom is -0.457 e. The fourth-order valence-electron chi connectivity index (χ4n) is 3.15. The molecule has 0 saturated carbocycles. The Labute approximate surface area is 153 Å². The van der Waals surface area contributed by atoms with E-state index in [-0.39, 0.29) is 33.1 Å². The first-order valence-electron chi connectivity index (χ1n) is 7.72. The normalized spacial score (nSPS) is 18.0. The van der Waals surface area contributed by atoms with Crippen LogP contribution in [0.15, 0.2) is 35.2 Å². The predicted octanol–water partition coefficient (Wildman–Crippen LogP) is 3.77. The molecule has 9 heteroatoms. The van der Waals surface area contributed by atoms with E-state index in [4.69, 9.17) is 14.7 Å². The van der Waals surface area contributed by atoms with Crippen LogP contribution in [0.2, 0.25) is 0 Å². The minimum absolute atomic E-state index is 0.00509. The number of sulfone groups is 1. The van der Waals surface area contributed by atoms with Crippen molar-refractivity contribution < 1.29 is 31.1 Å². The van der Waals surface area contributed by atoms with Crippen molar-refractivity contribution in [3.8, 4) is 17.6 Å². The maximum absolute atomic E-state index is 14.4. The molecule has 2 aromatic rings. The molecule has 0 aromatic heterocycles. The highest BCUT2D eigenvalue weighted by Crippen LogP contribution is 2.51. The zero-order valence-electron chi connectivity index (χ0n) is 14.3. The van der Waals surface area contributed by atoms with Gasteiger partial charge in [0.1, 0.15) is 23.4 Å². The van der Waals surface area contributed by atoms with Crippen molar-refractivity contribution in [2.24, 2.45) is 0 Å². The zero-order chi connectivity index (χ0) is 20.0. The van der Waals surface area contributed by atoms with Gasteiger partial charge in [-0.2, -0.15) is 5.26 Å². The van der Waals surface area contributed by atoms with E-state index in [1.54, 1.807) is 6.07 Å². The van der Waals surface area contributed by atoms with Crippen LogP contribution in [0.5, 0.6) is 11.5 Å². The van der Waals surface area contributed by atoms with Gasteiger partial charge < -0.3 is 9.47 Å². The van der Waals surface area contributed by atoms with Crippen LogP contribution in [0, 0.1) is 17.1 Å². The van der Waals surface area contributed by atoms with E-state index in [0.29, 0.717) is 0 Å². The summed E-state index contributed by atoms with van der Waals surface area (Å²) in [6.07, 6.45) is -1.62. The number of nitrogens with zero attached hydrogens (tertiary/aromatic N) is 1. The number of fused-ring (bicyclic) bond motifs is 1. The van der Waals surface area contributed by atoms with Crippen molar-refractivity contribution in [1.29, 1.82) is 5.26 Å². The molecule has 0 saturated heterocycles. The van der Waals surface area contributed by atoms with Crippen LogP contribution in [0.4, 0.5) is 13.2 Å². The first-order valence-corrected chi connectivity index (χ1v) is 9.61. The van der Waals surface area contributed by atoms with Crippen LogP contribution >= 0.6 is 0 Å². The van der Waals surface area contributed by atoms with Crippen LogP contribution in [0.25, 0.3) is 0 Å². The monoisotopic (exact) mass is 397 g/mol. The number of halogens is 3. The number of alkyl halides is 2. The van der Waals surface area contributed by atoms with Gasteiger partial charge in [0.25, 0.3) is 5.92 Å². The highest BCUT2D eigenvalue weighted by molar-refractivity contribution is 7.90. The Kier molecular flexibility index (Phi) is 4.66. The summed E-state index contributed by atoms with van der Waals surface area (Å²) in [4.78, 5) is -0.272. The van der Waals surface area contributed by atoms with E-state index < -0.39 is 34.1 Å². The molecule has 0 N–H and O–H groups in total. The van der Waals surface area contributed by atoms with Crippen molar-refractivity contribution in [3.63, 3.8) is 0 Å². The summed E-state index contributed by atoms with van der Waals surface area (Å²) in [5.41, 5.74) is -0.202. The summed E-state index contributed by atoms with van der Waals surface area (Å²) in [7, 11) is -2.73. The van der Waals surface area contributed by atoms with Gasteiger partial charge in [-0.05, 0) is 24.3 Å². The maximum Gasteiger partial charge on any atom is 0.282 e. The Morgan fingerprint density at radius 3 is 2.56 bits per heavy atom. The third kappa shape index (κ3) is 3.50. The van der Waals surface area contributed by atoms with Crippen LogP contribution in [-0.4, -0.2) is 27.7 Å². The highest BCUT2D eigenvalue weighted by Gasteiger charge is 2.51. The van der Waals surface area contributed by atoms with Gasteiger partial charge in [0, 0.05) is 37.0 Å². The Morgan fingerprint density at radius 1 is 1.26 bits per heavy atom. The summed E-state index contributed by atoms with van der Waals surface area (Å²) in [5, 5.41) is 8.91. The Balaban J connectivity index is 2.17. The standard InChI is InChI=1S/C18H14F3NO4S/c1-25-17-16-13(8-18(17,20)21)14(3-4-15(16)27(2,23)24)26-12-6-10(9-22)5-11(19)7-12/h3-7,17H,8H2,1-2H3. The van der Waals surface area contributed by atoms with Crippen molar-refractivity contribution in [2.75, 3.05) is 13.4 Å². The molecule has 0 amide bonds. The zero-order valence-corrected chi connectivity index (χ0v) is 15.1. The van der Waals surface area contributed by atoms with Gasteiger partial charge in [-0.25, -0.2) is 21.6 Å². The molecule has 1 unspecified atom stereocenters. The van der Waals surface area contributed by atoms with E-state index in [9.17, 15) is 21.6 Å². The lowest BCUT2D eigenvalue weighted by molar-refractivity contribution is -0.115. The van der Waals surface area contributed by atoms with Crippen molar-refractivity contribution in [3.05, 3.63) is 52.8 Å². The number of rotatable bonds is 4. The molecule has 27 heavy (non-hydrogen) atoms. The van der Waals surface area contributed by atoms with Gasteiger partial charge >= 0.3 is 0 Å². The molecule has 3 rings (SSSR count). The molecule has 0 fully saturated rings. The second-order valence-corrected chi connectivity index (χ2v) is 8.15. The fraction of sp³-hybridized carbons (Fsp3) is 0.278. The van der Waals surface area contributed by atoms with Crippen molar-refractivity contribution >= 4 is 9.84 Å². The molecule has 1 aliphatic rings. The molecular weight excluding hydrogens is 383 g/mol. The van der Waals surface area contributed by atoms with Crippen LogP contribution in [0.1, 0.15) is 22.8 Å². The van der Waals surface area contributed by atoms with Crippen molar-refractivity contribution in [2.45, 2.75) is 23.3 Å². The first kappa shape index (κ1) is 19.2. The summed E-state index contributed by atoms with van der Waals surface area (Å²) in [5.74, 6) is -4.18. The largest absolute Gasteiger partial charge is 0.457 e. The Morgan fingerprint density at radius 2 is 1.96 bits per heavy atom. The summed E-state index contributed by atoms with van der Waals surface area (Å²) in [6.45, 7) is 0. The van der Waals surface area contributed by atoms with Gasteiger partial charge in [-0.1, -0.05) is 0 Å². The van der Waals surface area contributed by atoms with Crippen LogP contribution in [-0.2, 0) is 21.0 Å². The van der Waals surface area contributed by atoms with Gasteiger partial charge in [0.05, 0.1) is 16.5 Å². The number of nitriles is 1. The molecule has 5 nitrogen and oxygen atoms in total. The smallest absolute Gasteiger partial charge is 0.282 e. The third-order valence-electron chi connectivity index (χ3n) is 4.20. The molecule has 0 spiro atoms. The average Bonchev–Trinajstić information content (AvgIpc) is 2.83. The van der Waals surface area contributed by atoms with Gasteiger partial charge in [-0.15, -0.1) is 0 Å². The molecule has 2 aromatic carbocycles. The minimum atomic E-state index is -3.80. The summed E-state index contributed by atoms with van der Waals surface area (Å²) >= 11 is 0. The lowest BCUT2D eigenvalue weighted by atomic mass is 10.1. The molecule has 142 valence electrons. The van der Waals surface area contributed by atoms with Gasteiger partial charge in [0.2, 0.25) is 0 Å². The summed E-state index contributed by atoms with van der Waals surface area (Å²) < 4.78 is 76.9. The van der Waals surface area contributed by atoms with E-state index in [0.717, 1.165) is 31.6 Å². The van der Waals surface area contributed by atoms with E-state index in [1.807, 2.05) is 0 Å². The number of benzene rings is 2. The number of methoxy groups -OCH3 is 1. The van der Waals surface area contributed by atoms with E-state index in [1.165, 1.54) is 12.1 Å².